The van der Waals surface area contributed by atoms with Gasteiger partial charge in [0, 0.05) is 12.8 Å². The van der Waals surface area contributed by atoms with Gasteiger partial charge >= 0.3 is 19.8 Å². The van der Waals surface area contributed by atoms with E-state index in [1.807, 2.05) is 0 Å². The lowest BCUT2D eigenvalue weighted by atomic mass is 10.0. The minimum Gasteiger partial charge on any atom is -0.462 e. The van der Waals surface area contributed by atoms with Crippen molar-refractivity contribution in [2.24, 2.45) is 0 Å². The Morgan fingerprint density at radius 2 is 0.873 bits per heavy atom. The number of carbonyl (C=O) groups is 2. The number of esters is 2. The molecule has 9 heteroatoms. The van der Waals surface area contributed by atoms with Crippen molar-refractivity contribution in [3.05, 3.63) is 72.9 Å². The van der Waals surface area contributed by atoms with E-state index in [2.05, 4.69) is 91.3 Å². The average Bonchev–Trinajstić information content (AvgIpc) is 3.16. The Bertz CT molecular complexity index is 1120. The van der Waals surface area contributed by atoms with Gasteiger partial charge in [-0.05, 0) is 77.0 Å². The molecule has 2 N–H and O–H groups in total. The van der Waals surface area contributed by atoms with Crippen LogP contribution in [0, 0.1) is 0 Å². The van der Waals surface area contributed by atoms with Crippen molar-refractivity contribution in [1.82, 2.24) is 0 Å². The van der Waals surface area contributed by atoms with Crippen LogP contribution in [0.1, 0.15) is 187 Å². The Hall–Kier alpha value is -2.51. The van der Waals surface area contributed by atoms with E-state index < -0.39 is 32.5 Å². The number of allylic oxidation sites excluding steroid dienone is 12. The van der Waals surface area contributed by atoms with Crippen LogP contribution in [0.5, 0.6) is 0 Å². The minimum atomic E-state index is -4.76. The van der Waals surface area contributed by atoms with Crippen LogP contribution in [0.2, 0.25) is 0 Å². The van der Waals surface area contributed by atoms with E-state index in [4.69, 9.17) is 19.3 Å². The molecule has 0 aromatic rings. The summed E-state index contributed by atoms with van der Waals surface area (Å²) >= 11 is 0. The van der Waals surface area contributed by atoms with Gasteiger partial charge in [-0.25, -0.2) is 4.57 Å². The lowest BCUT2D eigenvalue weighted by Crippen LogP contribution is -2.29. The summed E-state index contributed by atoms with van der Waals surface area (Å²) in [6.45, 7) is 3.51. The van der Waals surface area contributed by atoms with Crippen molar-refractivity contribution in [3.63, 3.8) is 0 Å². The molecule has 0 bridgehead atoms. The van der Waals surface area contributed by atoms with Crippen LogP contribution < -0.4 is 0 Å². The zero-order chi connectivity index (χ0) is 40.3. The molecule has 0 amide bonds. The summed E-state index contributed by atoms with van der Waals surface area (Å²) in [5, 5.41) is 0. The van der Waals surface area contributed by atoms with Crippen molar-refractivity contribution in [1.29, 1.82) is 0 Å². The molecule has 0 rings (SSSR count). The molecule has 0 aliphatic carbocycles. The molecule has 0 saturated carbocycles. The highest BCUT2D eigenvalue weighted by molar-refractivity contribution is 7.46. The Morgan fingerprint density at radius 3 is 1.31 bits per heavy atom. The van der Waals surface area contributed by atoms with Crippen molar-refractivity contribution in [3.8, 4) is 0 Å². The normalized spacial score (nSPS) is 13.2. The molecule has 0 heterocycles. The fourth-order valence-corrected chi connectivity index (χ4v) is 6.09. The summed E-state index contributed by atoms with van der Waals surface area (Å²) in [5.74, 6) is -0.909. The number of unbranched alkanes of at least 4 members (excludes halogenated alkanes) is 17. The van der Waals surface area contributed by atoms with E-state index in [0.29, 0.717) is 12.8 Å². The Kier molecular flexibility index (Phi) is 39.3. The van der Waals surface area contributed by atoms with E-state index in [0.717, 1.165) is 96.3 Å². The predicted octanol–water partition coefficient (Wildman–Crippen LogP) is 13.5. The molecule has 316 valence electrons. The van der Waals surface area contributed by atoms with Crippen LogP contribution in [0.3, 0.4) is 0 Å². The van der Waals surface area contributed by atoms with E-state index in [9.17, 15) is 14.2 Å². The van der Waals surface area contributed by atoms with Gasteiger partial charge in [0.2, 0.25) is 0 Å². The second-order valence-corrected chi connectivity index (χ2v) is 15.5. The molecule has 55 heavy (non-hydrogen) atoms. The first kappa shape index (κ1) is 52.5. The molecule has 1 atom stereocenters. The zero-order valence-electron chi connectivity index (χ0n) is 34.8. The van der Waals surface area contributed by atoms with E-state index in [1.165, 1.54) is 51.4 Å². The molecular formula is C46H79O8P. The van der Waals surface area contributed by atoms with E-state index in [-0.39, 0.29) is 19.4 Å². The number of phosphoric acid groups is 1. The van der Waals surface area contributed by atoms with Gasteiger partial charge in [-0.3, -0.25) is 14.1 Å². The van der Waals surface area contributed by atoms with Crippen LogP contribution in [-0.4, -0.2) is 41.0 Å². The molecule has 0 aliphatic heterocycles. The monoisotopic (exact) mass is 791 g/mol. The average molecular weight is 791 g/mol. The van der Waals surface area contributed by atoms with Gasteiger partial charge in [0.1, 0.15) is 6.61 Å². The van der Waals surface area contributed by atoms with Gasteiger partial charge in [0.05, 0.1) is 6.61 Å². The minimum absolute atomic E-state index is 0.200. The highest BCUT2D eigenvalue weighted by atomic mass is 31.2. The van der Waals surface area contributed by atoms with Gasteiger partial charge in [-0.2, -0.15) is 0 Å². The second kappa shape index (κ2) is 41.1. The number of hydrogen-bond acceptors (Lipinski definition) is 6. The summed E-state index contributed by atoms with van der Waals surface area (Å²) < 4.78 is 26.4. The molecule has 8 nitrogen and oxygen atoms in total. The summed E-state index contributed by atoms with van der Waals surface area (Å²) in [4.78, 5) is 42.9. The molecule has 0 saturated heterocycles. The number of carbonyl (C=O) groups excluding carboxylic acids is 2. The smallest absolute Gasteiger partial charge is 0.462 e. The third-order valence-electron chi connectivity index (χ3n) is 8.96. The SMILES string of the molecule is CC/C=C\C/C=C\C/C=C\C/C=C\CCCCCCCCCCCCC(=O)OC(COC(=O)CCCCCCC/C=C\C/C=C\CCCC)COP(=O)(O)O. The maximum atomic E-state index is 12.4. The molecule has 0 aliphatic rings. The Balaban J connectivity index is 3.91. The number of rotatable bonds is 39. The quantitative estimate of drug-likeness (QED) is 0.0273. The summed E-state index contributed by atoms with van der Waals surface area (Å²) in [7, 11) is -4.76. The molecule has 0 aromatic carbocycles. The van der Waals surface area contributed by atoms with Crippen molar-refractivity contribution >= 4 is 19.8 Å². The third-order valence-corrected chi connectivity index (χ3v) is 9.44. The van der Waals surface area contributed by atoms with Crippen molar-refractivity contribution in [2.45, 2.75) is 193 Å². The first-order valence-corrected chi connectivity index (χ1v) is 23.3. The van der Waals surface area contributed by atoms with E-state index >= 15 is 0 Å². The zero-order valence-corrected chi connectivity index (χ0v) is 35.7. The standard InChI is InChI=1S/C46H79O8P/c1-3-5-7-9-11-13-15-17-19-20-21-22-23-24-25-26-27-29-31-33-35-37-39-41-46(48)54-44(43-53-55(49,50)51)42-52-45(47)40-38-36-34-32-30-28-18-16-14-12-10-8-6-4-2/h5,7,10-13,16-19,21-22,44H,3-4,6,8-9,14-15,20,23-43H2,1-2H3,(H2,49,50,51)/b7-5-,12-10-,13-11-,18-16-,19-17-,22-21-. The van der Waals surface area contributed by atoms with Gasteiger partial charge in [0.15, 0.2) is 6.10 Å². The van der Waals surface area contributed by atoms with Crippen LogP contribution in [0.15, 0.2) is 72.9 Å². The lowest BCUT2D eigenvalue weighted by molar-refractivity contribution is -0.161. The third kappa shape index (κ3) is 44.1. The van der Waals surface area contributed by atoms with Crippen molar-refractivity contribution < 1.29 is 37.9 Å². The highest BCUT2D eigenvalue weighted by Gasteiger charge is 2.22. The Morgan fingerprint density at radius 1 is 0.491 bits per heavy atom. The van der Waals surface area contributed by atoms with Crippen LogP contribution in [0.25, 0.3) is 0 Å². The van der Waals surface area contributed by atoms with Gasteiger partial charge in [-0.1, -0.05) is 170 Å². The maximum Gasteiger partial charge on any atom is 0.469 e. The largest absolute Gasteiger partial charge is 0.469 e. The lowest BCUT2D eigenvalue weighted by Gasteiger charge is -2.18. The first-order chi connectivity index (χ1) is 26.8. The van der Waals surface area contributed by atoms with E-state index in [1.54, 1.807) is 0 Å². The summed E-state index contributed by atoms with van der Waals surface area (Å²) in [6.07, 6.45) is 53.3. The number of hydrogen-bond donors (Lipinski definition) is 2. The van der Waals surface area contributed by atoms with Gasteiger partial charge in [-0.15, -0.1) is 0 Å². The Labute approximate surface area is 336 Å². The molecule has 0 fully saturated rings. The summed E-state index contributed by atoms with van der Waals surface area (Å²) in [5.41, 5.74) is 0. The molecule has 0 aromatic heterocycles. The highest BCUT2D eigenvalue weighted by Crippen LogP contribution is 2.36. The molecule has 0 spiro atoms. The fraction of sp³-hybridized carbons (Fsp3) is 0.696. The molecular weight excluding hydrogens is 711 g/mol. The fourth-order valence-electron chi connectivity index (χ4n) is 5.73. The first-order valence-electron chi connectivity index (χ1n) is 21.7. The molecule has 0 radical (unpaired) electrons. The predicted molar refractivity (Wildman–Crippen MR) is 230 cm³/mol. The number of phosphoric ester groups is 1. The van der Waals surface area contributed by atoms with Gasteiger partial charge in [0.25, 0.3) is 0 Å². The van der Waals surface area contributed by atoms with Crippen LogP contribution in [0.4, 0.5) is 0 Å². The maximum absolute atomic E-state index is 12.4. The molecule has 1 unspecified atom stereocenters. The van der Waals surface area contributed by atoms with Crippen molar-refractivity contribution in [2.75, 3.05) is 13.2 Å². The second-order valence-electron chi connectivity index (χ2n) is 14.3. The van der Waals surface area contributed by atoms with Gasteiger partial charge < -0.3 is 19.3 Å². The topological polar surface area (TPSA) is 119 Å². The van der Waals surface area contributed by atoms with Crippen LogP contribution >= 0.6 is 7.82 Å². The van der Waals surface area contributed by atoms with Crippen LogP contribution in [-0.2, 0) is 28.2 Å². The number of ether oxygens (including phenoxy) is 2. The summed E-state index contributed by atoms with van der Waals surface area (Å²) in [6, 6.07) is 0.